The van der Waals surface area contributed by atoms with Gasteiger partial charge in [-0.1, -0.05) is 6.92 Å². The number of furan rings is 1. The molecular weight excluding hydrogens is 258 g/mol. The molecule has 20 heavy (non-hydrogen) atoms. The third-order valence-corrected chi connectivity index (χ3v) is 4.02. The van der Waals surface area contributed by atoms with Gasteiger partial charge in [0, 0.05) is 5.92 Å². The maximum atomic E-state index is 12.0. The number of nitrogens with one attached hydrogen (secondary N) is 1. The molecule has 0 aromatic carbocycles. The van der Waals surface area contributed by atoms with Crippen LogP contribution in [0.3, 0.4) is 0 Å². The van der Waals surface area contributed by atoms with Crippen LogP contribution in [0.5, 0.6) is 0 Å². The summed E-state index contributed by atoms with van der Waals surface area (Å²) in [6, 6.07) is 1.47. The highest BCUT2D eigenvalue weighted by Crippen LogP contribution is 2.28. The van der Waals surface area contributed by atoms with Gasteiger partial charge in [-0.05, 0) is 44.6 Å². The van der Waals surface area contributed by atoms with Gasteiger partial charge in [0.1, 0.15) is 17.1 Å². The highest BCUT2D eigenvalue weighted by molar-refractivity contribution is 5.88. The first-order valence-corrected chi connectivity index (χ1v) is 7.07. The summed E-state index contributed by atoms with van der Waals surface area (Å²) in [4.78, 5) is 22.9. The second-order valence-corrected chi connectivity index (χ2v) is 5.66. The molecule has 0 bridgehead atoms. The number of hydrogen-bond acceptors (Lipinski definition) is 3. The second kappa shape index (κ2) is 6.11. The first kappa shape index (κ1) is 14.6. The van der Waals surface area contributed by atoms with Gasteiger partial charge >= 0.3 is 5.97 Å². The van der Waals surface area contributed by atoms with E-state index in [1.807, 2.05) is 0 Å². The fourth-order valence-electron chi connectivity index (χ4n) is 2.68. The molecule has 0 spiro atoms. The molecule has 0 aliphatic heterocycles. The molecule has 5 nitrogen and oxygen atoms in total. The lowest BCUT2D eigenvalue weighted by molar-refractivity contribution is -0.126. The molecule has 1 fully saturated rings. The van der Waals surface area contributed by atoms with Crippen LogP contribution in [0.1, 0.15) is 54.5 Å². The number of carbonyl (C=O) groups is 2. The quantitative estimate of drug-likeness (QED) is 0.888. The molecule has 1 amide bonds. The van der Waals surface area contributed by atoms with E-state index < -0.39 is 5.97 Å². The number of carbonyl (C=O) groups excluding carboxylic acids is 1. The first-order valence-electron chi connectivity index (χ1n) is 7.07. The SMILES string of the molecule is Cc1oc(CNC(=O)C2CCC(C)CC2)cc1C(=O)O. The standard InChI is InChI=1S/C15H21NO4/c1-9-3-5-11(6-4-9)14(17)16-8-12-7-13(15(18)19)10(2)20-12/h7,9,11H,3-6,8H2,1-2H3,(H,16,17)(H,18,19). The minimum absolute atomic E-state index is 0.0443. The molecule has 110 valence electrons. The number of carboxylic acids is 1. The van der Waals surface area contributed by atoms with Crippen molar-refractivity contribution in [1.29, 1.82) is 0 Å². The Morgan fingerprint density at radius 2 is 2.00 bits per heavy atom. The predicted octanol–water partition coefficient (Wildman–Crippen LogP) is 2.73. The lowest BCUT2D eigenvalue weighted by Gasteiger charge is -2.25. The molecule has 1 heterocycles. The Balaban J connectivity index is 1.87. The van der Waals surface area contributed by atoms with Crippen LogP contribution >= 0.6 is 0 Å². The lowest BCUT2D eigenvalue weighted by Crippen LogP contribution is -2.32. The summed E-state index contributed by atoms with van der Waals surface area (Å²) >= 11 is 0. The van der Waals surface area contributed by atoms with Crippen LogP contribution in [0.15, 0.2) is 10.5 Å². The van der Waals surface area contributed by atoms with Crippen LogP contribution in [0.2, 0.25) is 0 Å². The van der Waals surface area contributed by atoms with Crippen molar-refractivity contribution in [3.63, 3.8) is 0 Å². The van der Waals surface area contributed by atoms with Gasteiger partial charge in [0.15, 0.2) is 0 Å². The molecule has 5 heteroatoms. The van der Waals surface area contributed by atoms with Gasteiger partial charge in [0.05, 0.1) is 6.54 Å². The normalized spacial score (nSPS) is 22.5. The summed E-state index contributed by atoms with van der Waals surface area (Å²) in [6.45, 7) is 4.07. The highest BCUT2D eigenvalue weighted by atomic mass is 16.4. The Kier molecular flexibility index (Phi) is 4.47. The summed E-state index contributed by atoms with van der Waals surface area (Å²) in [5.74, 6) is 0.685. The minimum Gasteiger partial charge on any atom is -0.478 e. The number of hydrogen-bond donors (Lipinski definition) is 2. The van der Waals surface area contributed by atoms with Crippen molar-refractivity contribution in [2.24, 2.45) is 11.8 Å². The Morgan fingerprint density at radius 1 is 1.35 bits per heavy atom. The molecule has 0 unspecified atom stereocenters. The van der Waals surface area contributed by atoms with E-state index in [0.717, 1.165) is 25.7 Å². The summed E-state index contributed by atoms with van der Waals surface area (Å²) in [7, 11) is 0. The average molecular weight is 279 g/mol. The van der Waals surface area contributed by atoms with Gasteiger partial charge in [-0.15, -0.1) is 0 Å². The largest absolute Gasteiger partial charge is 0.478 e. The van der Waals surface area contributed by atoms with Crippen molar-refractivity contribution in [2.45, 2.75) is 46.1 Å². The molecule has 0 radical (unpaired) electrons. The van der Waals surface area contributed by atoms with Crippen molar-refractivity contribution in [3.8, 4) is 0 Å². The van der Waals surface area contributed by atoms with Crippen LogP contribution in [-0.4, -0.2) is 17.0 Å². The molecule has 0 saturated heterocycles. The number of aromatic carboxylic acids is 1. The van der Waals surface area contributed by atoms with Crippen molar-refractivity contribution in [3.05, 3.63) is 23.2 Å². The van der Waals surface area contributed by atoms with E-state index in [1.54, 1.807) is 6.92 Å². The van der Waals surface area contributed by atoms with Gasteiger partial charge in [-0.3, -0.25) is 4.79 Å². The van der Waals surface area contributed by atoms with Gasteiger partial charge in [0.25, 0.3) is 0 Å². The van der Waals surface area contributed by atoms with Crippen LogP contribution in [0.4, 0.5) is 0 Å². The van der Waals surface area contributed by atoms with Crippen molar-refractivity contribution in [1.82, 2.24) is 5.32 Å². The van der Waals surface area contributed by atoms with Crippen molar-refractivity contribution >= 4 is 11.9 Å². The third kappa shape index (κ3) is 3.40. The number of carboxylic acid groups (broad SMARTS) is 1. The van der Waals surface area contributed by atoms with Crippen LogP contribution in [0.25, 0.3) is 0 Å². The van der Waals surface area contributed by atoms with E-state index >= 15 is 0 Å². The zero-order chi connectivity index (χ0) is 14.7. The molecule has 0 atom stereocenters. The molecule has 2 rings (SSSR count). The summed E-state index contributed by atoms with van der Waals surface area (Å²) in [5, 5.41) is 11.8. The van der Waals surface area contributed by atoms with Gasteiger partial charge in [0.2, 0.25) is 5.91 Å². The van der Waals surface area contributed by atoms with Gasteiger partial charge in [-0.25, -0.2) is 4.79 Å². The van der Waals surface area contributed by atoms with Crippen LogP contribution < -0.4 is 5.32 Å². The topological polar surface area (TPSA) is 79.5 Å². The Labute approximate surface area is 118 Å². The monoisotopic (exact) mass is 279 g/mol. The fraction of sp³-hybridized carbons (Fsp3) is 0.600. The summed E-state index contributed by atoms with van der Waals surface area (Å²) in [6.07, 6.45) is 4.07. The molecule has 1 saturated carbocycles. The molecule has 1 aliphatic rings. The van der Waals surface area contributed by atoms with Crippen LogP contribution in [-0.2, 0) is 11.3 Å². The zero-order valence-electron chi connectivity index (χ0n) is 11.9. The number of aryl methyl sites for hydroxylation is 1. The third-order valence-electron chi connectivity index (χ3n) is 4.02. The van der Waals surface area contributed by atoms with Gasteiger partial charge < -0.3 is 14.8 Å². The molecule has 1 aromatic heterocycles. The zero-order valence-corrected chi connectivity index (χ0v) is 11.9. The van der Waals surface area contributed by atoms with E-state index in [2.05, 4.69) is 12.2 Å². The molecular formula is C15H21NO4. The Bertz CT molecular complexity index is 498. The second-order valence-electron chi connectivity index (χ2n) is 5.66. The van der Waals surface area contributed by atoms with Crippen molar-refractivity contribution < 1.29 is 19.1 Å². The van der Waals surface area contributed by atoms with E-state index in [0.29, 0.717) is 17.4 Å². The smallest absolute Gasteiger partial charge is 0.339 e. The fourth-order valence-corrected chi connectivity index (χ4v) is 2.68. The molecule has 1 aromatic rings. The maximum absolute atomic E-state index is 12.0. The van der Waals surface area contributed by atoms with Gasteiger partial charge in [-0.2, -0.15) is 0 Å². The Hall–Kier alpha value is -1.78. The molecule has 2 N–H and O–H groups in total. The van der Waals surface area contributed by atoms with Crippen LogP contribution in [0, 0.1) is 18.8 Å². The average Bonchev–Trinajstić information content (AvgIpc) is 2.78. The van der Waals surface area contributed by atoms with E-state index in [4.69, 9.17) is 9.52 Å². The number of amides is 1. The lowest BCUT2D eigenvalue weighted by atomic mass is 9.82. The summed E-state index contributed by atoms with van der Waals surface area (Å²) < 4.78 is 5.34. The maximum Gasteiger partial charge on any atom is 0.339 e. The first-order chi connectivity index (χ1) is 9.47. The Morgan fingerprint density at radius 3 is 2.55 bits per heavy atom. The van der Waals surface area contributed by atoms with E-state index in [9.17, 15) is 9.59 Å². The predicted molar refractivity (Wildman–Crippen MR) is 73.4 cm³/mol. The molecule has 1 aliphatic carbocycles. The number of rotatable bonds is 4. The van der Waals surface area contributed by atoms with Crippen molar-refractivity contribution in [2.75, 3.05) is 0 Å². The van der Waals surface area contributed by atoms with E-state index in [-0.39, 0.29) is 23.9 Å². The van der Waals surface area contributed by atoms with E-state index in [1.165, 1.54) is 6.07 Å². The highest BCUT2D eigenvalue weighted by Gasteiger charge is 2.24. The summed E-state index contributed by atoms with van der Waals surface area (Å²) in [5.41, 5.74) is 0.153. The minimum atomic E-state index is -1.01.